The van der Waals surface area contributed by atoms with E-state index in [4.69, 9.17) is 0 Å². The van der Waals surface area contributed by atoms with E-state index in [0.29, 0.717) is 0 Å². The lowest BCUT2D eigenvalue weighted by Crippen LogP contribution is -2.26. The summed E-state index contributed by atoms with van der Waals surface area (Å²) in [6.45, 7) is 6.79. The van der Waals surface area contributed by atoms with Crippen LogP contribution in [-0.4, -0.2) is 14.8 Å². The Hall–Kier alpha value is -0.860. The summed E-state index contributed by atoms with van der Waals surface area (Å²) in [5, 5.41) is 4.27. The normalized spacial score (nSPS) is 12.0. The van der Waals surface area contributed by atoms with Crippen LogP contribution in [0.3, 0.4) is 0 Å². The van der Waals surface area contributed by atoms with E-state index in [1.54, 1.807) is 6.33 Å². The lowest BCUT2D eigenvalue weighted by atomic mass is 9.96. The highest BCUT2D eigenvalue weighted by Gasteiger charge is 2.19. The first-order valence-corrected chi connectivity index (χ1v) is 10.0. The molecule has 3 heteroatoms. The van der Waals surface area contributed by atoms with E-state index in [2.05, 4.69) is 30.9 Å². The Labute approximate surface area is 144 Å². The molecule has 0 atom stereocenters. The SMILES string of the molecule is CCCCCCCCCCCCCCCC(C)(C)n1cncn1. The number of aromatic nitrogens is 3. The van der Waals surface area contributed by atoms with Gasteiger partial charge in [0.15, 0.2) is 0 Å². The number of hydrogen-bond acceptors (Lipinski definition) is 2. The summed E-state index contributed by atoms with van der Waals surface area (Å²) in [6, 6.07) is 0. The lowest BCUT2D eigenvalue weighted by molar-refractivity contribution is 0.283. The number of unbranched alkanes of at least 4 members (excludes halogenated alkanes) is 12. The molecule has 0 aliphatic heterocycles. The minimum atomic E-state index is 0.105. The van der Waals surface area contributed by atoms with Crippen LogP contribution >= 0.6 is 0 Å². The zero-order chi connectivity index (χ0) is 16.8. The van der Waals surface area contributed by atoms with Crippen molar-refractivity contribution < 1.29 is 0 Å². The fourth-order valence-electron chi connectivity index (χ4n) is 3.21. The Kier molecular flexibility index (Phi) is 11.0. The van der Waals surface area contributed by atoms with Crippen molar-refractivity contribution in [1.82, 2.24) is 14.8 Å². The van der Waals surface area contributed by atoms with Crippen LogP contribution in [0.4, 0.5) is 0 Å². The van der Waals surface area contributed by atoms with Gasteiger partial charge in [0.2, 0.25) is 0 Å². The van der Waals surface area contributed by atoms with Crippen molar-refractivity contribution in [3.63, 3.8) is 0 Å². The second-order valence-electron chi connectivity index (χ2n) is 7.65. The predicted octanol–water partition coefficient (Wildman–Crippen LogP) is 6.49. The highest BCUT2D eigenvalue weighted by molar-refractivity contribution is 4.76. The maximum atomic E-state index is 4.27. The monoisotopic (exact) mass is 321 g/mol. The summed E-state index contributed by atoms with van der Waals surface area (Å²) in [4.78, 5) is 4.05. The van der Waals surface area contributed by atoms with Crippen molar-refractivity contribution in [3.8, 4) is 0 Å². The molecule has 0 amide bonds. The first kappa shape index (κ1) is 20.2. The quantitative estimate of drug-likeness (QED) is 0.345. The molecule has 0 fully saturated rings. The first-order chi connectivity index (χ1) is 11.2. The molecule has 0 aromatic carbocycles. The predicted molar refractivity (Wildman–Crippen MR) is 99.7 cm³/mol. The van der Waals surface area contributed by atoms with Crippen molar-refractivity contribution in [2.24, 2.45) is 0 Å². The van der Waals surface area contributed by atoms with Gasteiger partial charge in [-0.25, -0.2) is 9.67 Å². The van der Waals surface area contributed by atoms with Crippen molar-refractivity contribution in [1.29, 1.82) is 0 Å². The van der Waals surface area contributed by atoms with E-state index in [0.717, 1.165) is 0 Å². The molecule has 1 aromatic heterocycles. The third kappa shape index (κ3) is 9.78. The van der Waals surface area contributed by atoms with Gasteiger partial charge >= 0.3 is 0 Å². The van der Waals surface area contributed by atoms with Crippen LogP contribution in [0.15, 0.2) is 12.7 Å². The number of rotatable bonds is 15. The molecule has 0 saturated carbocycles. The highest BCUT2D eigenvalue weighted by atomic mass is 15.3. The fourth-order valence-corrected chi connectivity index (χ4v) is 3.21. The molecule has 0 saturated heterocycles. The molecule has 0 aliphatic carbocycles. The highest BCUT2D eigenvalue weighted by Crippen LogP contribution is 2.22. The van der Waals surface area contributed by atoms with E-state index < -0.39 is 0 Å². The van der Waals surface area contributed by atoms with Gasteiger partial charge in [0.25, 0.3) is 0 Å². The summed E-state index contributed by atoms with van der Waals surface area (Å²) < 4.78 is 1.99. The van der Waals surface area contributed by atoms with Crippen molar-refractivity contribution in [3.05, 3.63) is 12.7 Å². The van der Waals surface area contributed by atoms with E-state index in [9.17, 15) is 0 Å². The second kappa shape index (κ2) is 12.5. The molecule has 134 valence electrons. The molecule has 0 aliphatic rings. The molecule has 0 spiro atoms. The van der Waals surface area contributed by atoms with Gasteiger partial charge in [-0.1, -0.05) is 90.4 Å². The molecule has 1 aromatic rings. The van der Waals surface area contributed by atoms with Crippen LogP contribution in [0.1, 0.15) is 111 Å². The van der Waals surface area contributed by atoms with E-state index >= 15 is 0 Å². The smallest absolute Gasteiger partial charge is 0.137 e. The van der Waals surface area contributed by atoms with Crippen molar-refractivity contribution >= 4 is 0 Å². The Morgan fingerprint density at radius 2 is 1.22 bits per heavy atom. The molecule has 1 heterocycles. The summed E-state index contributed by atoms with van der Waals surface area (Å²) in [5.41, 5.74) is 0.105. The van der Waals surface area contributed by atoms with Crippen LogP contribution < -0.4 is 0 Å². The topological polar surface area (TPSA) is 30.7 Å². The van der Waals surface area contributed by atoms with Gasteiger partial charge in [-0.05, 0) is 20.3 Å². The fraction of sp³-hybridized carbons (Fsp3) is 0.900. The maximum absolute atomic E-state index is 4.27. The lowest BCUT2D eigenvalue weighted by Gasteiger charge is -2.24. The molecule has 0 radical (unpaired) electrons. The van der Waals surface area contributed by atoms with Crippen molar-refractivity contribution in [2.75, 3.05) is 0 Å². The summed E-state index contributed by atoms with van der Waals surface area (Å²) in [6.07, 6.45) is 23.0. The molecular formula is C20H39N3. The Balaban J connectivity index is 1.85. The van der Waals surface area contributed by atoms with Crippen molar-refractivity contribution in [2.45, 2.75) is 116 Å². The first-order valence-electron chi connectivity index (χ1n) is 10.0. The average Bonchev–Trinajstić information content (AvgIpc) is 3.07. The van der Waals surface area contributed by atoms with Gasteiger partial charge < -0.3 is 0 Å². The van der Waals surface area contributed by atoms with Gasteiger partial charge in [-0.2, -0.15) is 5.10 Å². The number of nitrogens with zero attached hydrogens (tertiary/aromatic N) is 3. The van der Waals surface area contributed by atoms with E-state index in [-0.39, 0.29) is 5.54 Å². The summed E-state index contributed by atoms with van der Waals surface area (Å²) in [5.74, 6) is 0. The zero-order valence-corrected chi connectivity index (χ0v) is 15.9. The molecule has 23 heavy (non-hydrogen) atoms. The van der Waals surface area contributed by atoms with Gasteiger partial charge in [-0.3, -0.25) is 0 Å². The van der Waals surface area contributed by atoms with E-state index in [1.165, 1.54) is 89.9 Å². The second-order valence-corrected chi connectivity index (χ2v) is 7.65. The molecule has 0 unspecified atom stereocenters. The standard InChI is InChI=1S/C20H39N3/c1-4-5-6-7-8-9-10-11-12-13-14-15-16-17-20(2,3)23-19-21-18-22-23/h18-19H,4-17H2,1-3H3. The molecule has 0 bridgehead atoms. The average molecular weight is 322 g/mol. The minimum Gasteiger partial charge on any atom is -0.247 e. The summed E-state index contributed by atoms with van der Waals surface area (Å²) >= 11 is 0. The number of hydrogen-bond donors (Lipinski definition) is 0. The van der Waals surface area contributed by atoms with Gasteiger partial charge in [0.05, 0.1) is 5.54 Å². The molecule has 3 nitrogen and oxygen atoms in total. The van der Waals surface area contributed by atoms with Crippen LogP contribution in [0.2, 0.25) is 0 Å². The zero-order valence-electron chi connectivity index (χ0n) is 15.9. The van der Waals surface area contributed by atoms with Gasteiger partial charge in [-0.15, -0.1) is 0 Å². The Morgan fingerprint density at radius 3 is 1.65 bits per heavy atom. The maximum Gasteiger partial charge on any atom is 0.137 e. The summed E-state index contributed by atoms with van der Waals surface area (Å²) in [7, 11) is 0. The molecular weight excluding hydrogens is 282 g/mol. The van der Waals surface area contributed by atoms with Crippen LogP contribution in [0.5, 0.6) is 0 Å². The molecule has 1 rings (SSSR count). The Morgan fingerprint density at radius 1 is 0.739 bits per heavy atom. The third-order valence-corrected chi connectivity index (χ3v) is 4.93. The van der Waals surface area contributed by atoms with Crippen LogP contribution in [-0.2, 0) is 5.54 Å². The van der Waals surface area contributed by atoms with Crippen LogP contribution in [0, 0.1) is 0 Å². The van der Waals surface area contributed by atoms with Gasteiger partial charge in [0, 0.05) is 0 Å². The minimum absolute atomic E-state index is 0.105. The van der Waals surface area contributed by atoms with Crippen LogP contribution in [0.25, 0.3) is 0 Å². The third-order valence-electron chi connectivity index (χ3n) is 4.93. The Bertz CT molecular complexity index is 357. The largest absolute Gasteiger partial charge is 0.247 e. The molecule has 0 N–H and O–H groups in total. The van der Waals surface area contributed by atoms with E-state index in [1.807, 2.05) is 11.0 Å². The van der Waals surface area contributed by atoms with Gasteiger partial charge in [0.1, 0.15) is 12.7 Å².